The van der Waals surface area contributed by atoms with E-state index in [9.17, 15) is 5.11 Å². The van der Waals surface area contributed by atoms with Crippen LogP contribution < -0.4 is 10.2 Å². The van der Waals surface area contributed by atoms with Gasteiger partial charge in [-0.1, -0.05) is 42.8 Å². The number of nitrogens with zero attached hydrogens (tertiary/aromatic N) is 1. The van der Waals surface area contributed by atoms with E-state index in [2.05, 4.69) is 65.1 Å². The van der Waals surface area contributed by atoms with Gasteiger partial charge in [-0.2, -0.15) is 0 Å². The highest BCUT2D eigenvalue weighted by Gasteiger charge is 2.24. The molecule has 2 rings (SSSR count). The molecule has 2 atom stereocenters. The van der Waals surface area contributed by atoms with Crippen molar-refractivity contribution in [1.82, 2.24) is 5.32 Å². The second-order valence-corrected chi connectivity index (χ2v) is 6.94. The first-order valence-corrected chi connectivity index (χ1v) is 8.21. The zero-order chi connectivity index (χ0) is 14.7. The van der Waals surface area contributed by atoms with Gasteiger partial charge in [0.05, 0.1) is 6.10 Å². The van der Waals surface area contributed by atoms with Crippen molar-refractivity contribution in [2.75, 3.05) is 18.0 Å². The van der Waals surface area contributed by atoms with Crippen LogP contribution in [0.1, 0.15) is 32.8 Å². The Morgan fingerprint density at radius 3 is 2.80 bits per heavy atom. The van der Waals surface area contributed by atoms with E-state index in [0.29, 0.717) is 12.0 Å². The maximum Gasteiger partial charge on any atom is 0.0599 e. The molecule has 4 heteroatoms. The molecule has 112 valence electrons. The summed E-state index contributed by atoms with van der Waals surface area (Å²) in [6.07, 6.45) is 0.708. The molecule has 1 saturated heterocycles. The van der Waals surface area contributed by atoms with Crippen molar-refractivity contribution in [1.29, 1.82) is 0 Å². The Kier molecular flexibility index (Phi) is 5.47. The largest absolute Gasteiger partial charge is 0.393 e. The Bertz CT molecular complexity index is 450. The van der Waals surface area contributed by atoms with Gasteiger partial charge in [-0.25, -0.2) is 0 Å². The summed E-state index contributed by atoms with van der Waals surface area (Å²) in [4.78, 5) is 2.36. The second kappa shape index (κ2) is 6.92. The minimum absolute atomic E-state index is 0.149. The summed E-state index contributed by atoms with van der Waals surface area (Å²) >= 11 is 3.67. The SMILES string of the molecule is CC(C)NCc1ccc(N2CCC(O)C(C)C2)cc1Br. The van der Waals surface area contributed by atoms with E-state index in [1.54, 1.807) is 0 Å². The van der Waals surface area contributed by atoms with E-state index < -0.39 is 0 Å². The summed E-state index contributed by atoms with van der Waals surface area (Å²) in [6, 6.07) is 7.06. The van der Waals surface area contributed by atoms with Gasteiger partial charge < -0.3 is 15.3 Å². The molecule has 1 aromatic carbocycles. The van der Waals surface area contributed by atoms with Crippen LogP contribution in [0.2, 0.25) is 0 Å². The highest BCUT2D eigenvalue weighted by molar-refractivity contribution is 9.10. The molecule has 3 nitrogen and oxygen atoms in total. The molecule has 20 heavy (non-hydrogen) atoms. The van der Waals surface area contributed by atoms with E-state index in [0.717, 1.165) is 30.5 Å². The van der Waals surface area contributed by atoms with Crippen LogP contribution in [0.15, 0.2) is 22.7 Å². The first-order valence-electron chi connectivity index (χ1n) is 7.42. The van der Waals surface area contributed by atoms with Gasteiger partial charge in [0.1, 0.15) is 0 Å². The minimum atomic E-state index is -0.149. The summed E-state index contributed by atoms with van der Waals surface area (Å²) in [5.74, 6) is 0.338. The van der Waals surface area contributed by atoms with Crippen molar-refractivity contribution in [3.63, 3.8) is 0 Å². The van der Waals surface area contributed by atoms with Gasteiger partial charge in [-0.15, -0.1) is 0 Å². The summed E-state index contributed by atoms with van der Waals surface area (Å²) in [6.45, 7) is 9.17. The number of hydrogen-bond donors (Lipinski definition) is 2. The van der Waals surface area contributed by atoms with Gasteiger partial charge in [-0.05, 0) is 30.0 Å². The average Bonchev–Trinajstić information content (AvgIpc) is 2.40. The summed E-state index contributed by atoms with van der Waals surface area (Å²) < 4.78 is 1.15. The Balaban J connectivity index is 2.05. The lowest BCUT2D eigenvalue weighted by Crippen LogP contribution is -2.41. The van der Waals surface area contributed by atoms with Gasteiger partial charge in [0.15, 0.2) is 0 Å². The monoisotopic (exact) mass is 340 g/mol. The molecule has 0 amide bonds. The highest BCUT2D eigenvalue weighted by atomic mass is 79.9. The van der Waals surface area contributed by atoms with E-state index in [1.807, 2.05) is 0 Å². The fraction of sp³-hybridized carbons (Fsp3) is 0.625. The first-order chi connectivity index (χ1) is 9.47. The van der Waals surface area contributed by atoms with E-state index in [-0.39, 0.29) is 6.10 Å². The van der Waals surface area contributed by atoms with Crippen molar-refractivity contribution in [3.8, 4) is 0 Å². The van der Waals surface area contributed by atoms with Crippen molar-refractivity contribution in [2.24, 2.45) is 5.92 Å². The molecule has 2 N–H and O–H groups in total. The summed E-state index contributed by atoms with van der Waals surface area (Å²) in [5.41, 5.74) is 2.52. The van der Waals surface area contributed by atoms with Crippen molar-refractivity contribution in [3.05, 3.63) is 28.2 Å². The quantitative estimate of drug-likeness (QED) is 0.883. The van der Waals surface area contributed by atoms with Crippen LogP contribution >= 0.6 is 15.9 Å². The Labute approximate surface area is 130 Å². The molecule has 1 aliphatic heterocycles. The standard InChI is InChI=1S/C16H25BrN2O/c1-11(2)18-9-13-4-5-14(8-15(13)17)19-7-6-16(20)12(3)10-19/h4-5,8,11-12,16,18,20H,6-7,9-10H2,1-3H3. The van der Waals surface area contributed by atoms with Crippen LogP contribution in [0.25, 0.3) is 0 Å². The molecule has 1 aromatic rings. The predicted molar refractivity (Wildman–Crippen MR) is 88.1 cm³/mol. The number of anilines is 1. The normalized spacial score (nSPS) is 23.4. The van der Waals surface area contributed by atoms with Gasteiger partial charge in [0.25, 0.3) is 0 Å². The lowest BCUT2D eigenvalue weighted by Gasteiger charge is -2.36. The van der Waals surface area contributed by atoms with Crippen LogP contribution in [0.3, 0.4) is 0 Å². The Morgan fingerprint density at radius 2 is 2.20 bits per heavy atom. The number of rotatable bonds is 4. The Hall–Kier alpha value is -0.580. The molecule has 0 aliphatic carbocycles. The fourth-order valence-corrected chi connectivity index (χ4v) is 3.06. The Morgan fingerprint density at radius 1 is 1.45 bits per heavy atom. The van der Waals surface area contributed by atoms with Gasteiger partial charge in [0, 0.05) is 35.8 Å². The second-order valence-electron chi connectivity index (χ2n) is 6.09. The number of hydrogen-bond acceptors (Lipinski definition) is 3. The predicted octanol–water partition coefficient (Wildman–Crippen LogP) is 3.15. The molecule has 0 saturated carbocycles. The highest BCUT2D eigenvalue weighted by Crippen LogP contribution is 2.28. The number of halogens is 1. The lowest BCUT2D eigenvalue weighted by atomic mass is 9.96. The number of aliphatic hydroxyl groups excluding tert-OH is 1. The van der Waals surface area contributed by atoms with E-state index in [4.69, 9.17) is 0 Å². The third kappa shape index (κ3) is 3.96. The topological polar surface area (TPSA) is 35.5 Å². The van der Waals surface area contributed by atoms with Crippen molar-refractivity contribution < 1.29 is 5.11 Å². The molecule has 0 spiro atoms. The molecule has 1 aliphatic rings. The molecule has 1 fully saturated rings. The summed E-state index contributed by atoms with van der Waals surface area (Å²) in [7, 11) is 0. The van der Waals surface area contributed by atoms with Crippen LogP contribution in [0.5, 0.6) is 0 Å². The van der Waals surface area contributed by atoms with Gasteiger partial charge in [0.2, 0.25) is 0 Å². The third-order valence-corrected chi connectivity index (χ3v) is 4.70. The third-order valence-electron chi connectivity index (χ3n) is 3.96. The number of nitrogens with one attached hydrogen (secondary N) is 1. The molecular formula is C16H25BrN2O. The zero-order valence-electron chi connectivity index (χ0n) is 12.6. The maximum atomic E-state index is 9.82. The van der Waals surface area contributed by atoms with Crippen molar-refractivity contribution in [2.45, 2.75) is 45.9 Å². The summed E-state index contributed by atoms with van der Waals surface area (Å²) in [5, 5.41) is 13.3. The molecule has 0 bridgehead atoms. The van der Waals surface area contributed by atoms with Crippen LogP contribution in [-0.4, -0.2) is 30.3 Å². The fourth-order valence-electron chi connectivity index (χ4n) is 2.56. The lowest BCUT2D eigenvalue weighted by molar-refractivity contribution is 0.0971. The van der Waals surface area contributed by atoms with Gasteiger partial charge in [-0.3, -0.25) is 0 Å². The van der Waals surface area contributed by atoms with Crippen LogP contribution in [-0.2, 0) is 6.54 Å². The van der Waals surface area contributed by atoms with Crippen LogP contribution in [0, 0.1) is 5.92 Å². The minimum Gasteiger partial charge on any atom is -0.393 e. The number of piperidine rings is 1. The molecular weight excluding hydrogens is 316 g/mol. The molecule has 0 radical (unpaired) electrons. The van der Waals surface area contributed by atoms with E-state index in [1.165, 1.54) is 11.3 Å². The first kappa shape index (κ1) is 15.8. The average molecular weight is 341 g/mol. The van der Waals surface area contributed by atoms with Gasteiger partial charge >= 0.3 is 0 Å². The number of benzene rings is 1. The molecule has 1 heterocycles. The number of aliphatic hydroxyl groups is 1. The maximum absolute atomic E-state index is 9.82. The zero-order valence-corrected chi connectivity index (χ0v) is 14.2. The van der Waals surface area contributed by atoms with Crippen molar-refractivity contribution >= 4 is 21.6 Å². The smallest absolute Gasteiger partial charge is 0.0599 e. The van der Waals surface area contributed by atoms with Crippen LogP contribution in [0.4, 0.5) is 5.69 Å². The molecule has 0 aromatic heterocycles. The molecule has 2 unspecified atom stereocenters. The van der Waals surface area contributed by atoms with E-state index >= 15 is 0 Å².